The number of methoxy groups -OCH3 is 2. The maximum absolute atomic E-state index is 10.7. The number of hydrogen-bond donors (Lipinski definition) is 1. The van der Waals surface area contributed by atoms with Gasteiger partial charge in [0.15, 0.2) is 0 Å². The Bertz CT molecular complexity index is 435. The van der Waals surface area contributed by atoms with Crippen molar-refractivity contribution in [1.82, 2.24) is 0 Å². The minimum Gasteiger partial charge on any atom is -0.494 e. The van der Waals surface area contributed by atoms with E-state index >= 15 is 0 Å². The summed E-state index contributed by atoms with van der Waals surface area (Å²) < 4.78 is 10.3. The van der Waals surface area contributed by atoms with Gasteiger partial charge < -0.3 is 14.8 Å². The molecule has 0 amide bonds. The van der Waals surface area contributed by atoms with Gasteiger partial charge in [0, 0.05) is 13.2 Å². The third kappa shape index (κ3) is 4.10. The summed E-state index contributed by atoms with van der Waals surface area (Å²) in [5.74, 6) is 0.816. The second-order valence-corrected chi connectivity index (χ2v) is 4.59. The highest BCUT2D eigenvalue weighted by atomic mass is 16.6. The molecule has 1 atom stereocenters. The fourth-order valence-electron chi connectivity index (χ4n) is 1.69. The molecule has 0 fully saturated rings. The van der Waals surface area contributed by atoms with Gasteiger partial charge in [-0.3, -0.25) is 10.1 Å². The van der Waals surface area contributed by atoms with E-state index in [4.69, 9.17) is 9.47 Å². The van der Waals surface area contributed by atoms with Crippen LogP contribution in [-0.4, -0.2) is 31.8 Å². The quantitative estimate of drug-likeness (QED) is 0.608. The first-order valence-corrected chi connectivity index (χ1v) is 6.07. The fraction of sp³-hybridized carbons (Fsp3) is 0.538. The van der Waals surface area contributed by atoms with E-state index in [0.29, 0.717) is 18.3 Å². The molecule has 0 saturated carbocycles. The topological polar surface area (TPSA) is 73.6 Å². The molecule has 0 aliphatic heterocycles. The average molecular weight is 268 g/mol. The van der Waals surface area contributed by atoms with Crippen LogP contribution in [0.2, 0.25) is 0 Å². The monoisotopic (exact) mass is 268 g/mol. The van der Waals surface area contributed by atoms with Crippen LogP contribution in [0.4, 0.5) is 11.4 Å². The number of benzene rings is 1. The van der Waals surface area contributed by atoms with Gasteiger partial charge in [0.1, 0.15) is 5.75 Å². The van der Waals surface area contributed by atoms with Gasteiger partial charge in [-0.15, -0.1) is 0 Å². The number of nitro benzene ring substituents is 1. The van der Waals surface area contributed by atoms with Gasteiger partial charge >= 0.3 is 0 Å². The molecule has 0 aromatic heterocycles. The van der Waals surface area contributed by atoms with Crippen LogP contribution in [0.15, 0.2) is 18.2 Å². The van der Waals surface area contributed by atoms with E-state index in [9.17, 15) is 10.1 Å². The molecule has 0 radical (unpaired) electrons. The minimum atomic E-state index is -0.443. The Labute approximate surface area is 112 Å². The summed E-state index contributed by atoms with van der Waals surface area (Å²) in [6.45, 7) is 4.71. The summed E-state index contributed by atoms with van der Waals surface area (Å²) in [6, 6.07) is 4.63. The zero-order chi connectivity index (χ0) is 14.4. The van der Waals surface area contributed by atoms with Gasteiger partial charge in [-0.25, -0.2) is 0 Å². The predicted molar refractivity (Wildman–Crippen MR) is 73.8 cm³/mol. The summed E-state index contributed by atoms with van der Waals surface area (Å²) in [4.78, 5) is 10.3. The lowest BCUT2D eigenvalue weighted by Gasteiger charge is -2.23. The standard InChI is InChI=1S/C13H20N2O4/c1-9(2)12(8-18-3)14-11-6-5-10(15(16)17)7-13(11)19-4/h5-7,9,12,14H,8H2,1-4H3. The molecule has 19 heavy (non-hydrogen) atoms. The van der Waals surface area contributed by atoms with Gasteiger partial charge in [0.05, 0.1) is 36.4 Å². The maximum atomic E-state index is 10.7. The van der Waals surface area contributed by atoms with Crippen molar-refractivity contribution in [3.8, 4) is 5.75 Å². The minimum absolute atomic E-state index is 0.00948. The molecule has 0 bridgehead atoms. The van der Waals surface area contributed by atoms with Gasteiger partial charge in [0.2, 0.25) is 0 Å². The van der Waals surface area contributed by atoms with Crippen molar-refractivity contribution in [2.24, 2.45) is 5.92 Å². The highest BCUT2D eigenvalue weighted by Gasteiger charge is 2.17. The first-order chi connectivity index (χ1) is 8.99. The summed E-state index contributed by atoms with van der Waals surface area (Å²) in [5, 5.41) is 14.0. The molecular formula is C13H20N2O4. The molecule has 1 aromatic rings. The van der Waals surface area contributed by atoms with Crippen molar-refractivity contribution in [1.29, 1.82) is 0 Å². The predicted octanol–water partition coefficient (Wildman–Crippen LogP) is 2.69. The van der Waals surface area contributed by atoms with Crippen molar-refractivity contribution >= 4 is 11.4 Å². The molecule has 0 spiro atoms. The van der Waals surface area contributed by atoms with Crippen molar-refractivity contribution in [2.75, 3.05) is 26.1 Å². The Hall–Kier alpha value is -1.82. The van der Waals surface area contributed by atoms with Crippen LogP contribution in [0.5, 0.6) is 5.75 Å². The van der Waals surface area contributed by atoms with E-state index in [-0.39, 0.29) is 11.7 Å². The molecular weight excluding hydrogens is 248 g/mol. The van der Waals surface area contributed by atoms with E-state index in [0.717, 1.165) is 5.69 Å². The van der Waals surface area contributed by atoms with E-state index in [2.05, 4.69) is 19.2 Å². The zero-order valence-corrected chi connectivity index (χ0v) is 11.7. The second-order valence-electron chi connectivity index (χ2n) is 4.59. The van der Waals surface area contributed by atoms with E-state index < -0.39 is 4.92 Å². The summed E-state index contributed by atoms with van der Waals surface area (Å²) in [6.07, 6.45) is 0. The number of hydrogen-bond acceptors (Lipinski definition) is 5. The van der Waals surface area contributed by atoms with Crippen molar-refractivity contribution in [2.45, 2.75) is 19.9 Å². The van der Waals surface area contributed by atoms with Crippen LogP contribution in [0.1, 0.15) is 13.8 Å². The number of nitrogens with zero attached hydrogens (tertiary/aromatic N) is 1. The van der Waals surface area contributed by atoms with Gasteiger partial charge in [-0.05, 0) is 12.0 Å². The Morgan fingerprint density at radius 3 is 2.53 bits per heavy atom. The molecule has 6 heteroatoms. The van der Waals surface area contributed by atoms with E-state index in [1.807, 2.05) is 0 Å². The first kappa shape index (κ1) is 15.2. The number of anilines is 1. The fourth-order valence-corrected chi connectivity index (χ4v) is 1.69. The molecule has 0 saturated heterocycles. The van der Waals surface area contributed by atoms with Crippen molar-refractivity contribution < 1.29 is 14.4 Å². The molecule has 1 aromatic carbocycles. The second kappa shape index (κ2) is 6.94. The highest BCUT2D eigenvalue weighted by Crippen LogP contribution is 2.30. The average Bonchev–Trinajstić information content (AvgIpc) is 2.38. The molecule has 1 unspecified atom stereocenters. The lowest BCUT2D eigenvalue weighted by Crippen LogP contribution is -2.30. The number of non-ortho nitro benzene ring substituents is 1. The number of nitro groups is 1. The third-order valence-corrected chi connectivity index (χ3v) is 2.89. The summed E-state index contributed by atoms with van der Waals surface area (Å²) in [7, 11) is 3.13. The Kier molecular flexibility index (Phi) is 5.57. The number of ether oxygens (including phenoxy) is 2. The van der Waals surface area contributed by atoms with Crippen molar-refractivity contribution in [3.63, 3.8) is 0 Å². The van der Waals surface area contributed by atoms with Gasteiger partial charge in [0.25, 0.3) is 5.69 Å². The van der Waals surface area contributed by atoms with Crippen LogP contribution in [0.3, 0.4) is 0 Å². The molecule has 6 nitrogen and oxygen atoms in total. The number of rotatable bonds is 7. The van der Waals surface area contributed by atoms with E-state index in [1.165, 1.54) is 19.2 Å². The Balaban J connectivity index is 2.96. The Morgan fingerprint density at radius 2 is 2.05 bits per heavy atom. The highest BCUT2D eigenvalue weighted by molar-refractivity contribution is 5.61. The smallest absolute Gasteiger partial charge is 0.273 e. The van der Waals surface area contributed by atoms with Crippen LogP contribution >= 0.6 is 0 Å². The Morgan fingerprint density at radius 1 is 1.37 bits per heavy atom. The van der Waals surface area contributed by atoms with Gasteiger partial charge in [-0.1, -0.05) is 13.8 Å². The number of nitrogens with one attached hydrogen (secondary N) is 1. The molecule has 1 N–H and O–H groups in total. The summed E-state index contributed by atoms with van der Waals surface area (Å²) >= 11 is 0. The van der Waals surface area contributed by atoms with Gasteiger partial charge in [-0.2, -0.15) is 0 Å². The van der Waals surface area contributed by atoms with Crippen LogP contribution in [0.25, 0.3) is 0 Å². The molecule has 106 valence electrons. The molecule has 1 rings (SSSR count). The normalized spacial score (nSPS) is 12.3. The zero-order valence-electron chi connectivity index (χ0n) is 11.7. The van der Waals surface area contributed by atoms with Crippen molar-refractivity contribution in [3.05, 3.63) is 28.3 Å². The lowest BCUT2D eigenvalue weighted by atomic mass is 10.0. The van der Waals surface area contributed by atoms with Crippen LogP contribution in [-0.2, 0) is 4.74 Å². The maximum Gasteiger partial charge on any atom is 0.273 e. The molecule has 0 heterocycles. The summed E-state index contributed by atoms with van der Waals surface area (Å²) in [5.41, 5.74) is 0.735. The first-order valence-electron chi connectivity index (χ1n) is 6.07. The van der Waals surface area contributed by atoms with E-state index in [1.54, 1.807) is 13.2 Å². The van der Waals surface area contributed by atoms with Crippen LogP contribution in [0, 0.1) is 16.0 Å². The SMILES string of the molecule is COCC(Nc1ccc([N+](=O)[O-])cc1OC)C(C)C. The van der Waals surface area contributed by atoms with Crippen LogP contribution < -0.4 is 10.1 Å². The largest absolute Gasteiger partial charge is 0.494 e. The molecule has 0 aliphatic carbocycles. The lowest BCUT2D eigenvalue weighted by molar-refractivity contribution is -0.384. The molecule has 0 aliphatic rings. The third-order valence-electron chi connectivity index (χ3n) is 2.89.